The lowest BCUT2D eigenvalue weighted by atomic mass is 9.98. The number of benzene rings is 6. The lowest BCUT2D eigenvalue weighted by molar-refractivity contribution is 1.07. The van der Waals surface area contributed by atoms with Gasteiger partial charge in [-0.25, -0.2) is 15.0 Å². The van der Waals surface area contributed by atoms with E-state index in [4.69, 9.17) is 19.9 Å². The molecule has 0 amide bonds. The molecular formula is C42H28N4. The smallest absolute Gasteiger partial charge is 0.164 e. The Hall–Kier alpha value is -6.26. The topological polar surface area (TPSA) is 51.6 Å². The lowest BCUT2D eigenvalue weighted by Crippen LogP contribution is -2.00. The summed E-state index contributed by atoms with van der Waals surface area (Å²) in [6.45, 7) is 0. The van der Waals surface area contributed by atoms with Gasteiger partial charge < -0.3 is 0 Å². The Bertz CT molecular complexity index is 2220. The summed E-state index contributed by atoms with van der Waals surface area (Å²) in [5.74, 6) is 1.95. The zero-order valence-corrected chi connectivity index (χ0v) is 25.0. The van der Waals surface area contributed by atoms with Gasteiger partial charge >= 0.3 is 0 Å². The number of pyridine rings is 1. The number of hydrogen-bond donors (Lipinski definition) is 0. The summed E-state index contributed by atoms with van der Waals surface area (Å²) in [5.41, 5.74) is 9.38. The SMILES string of the molecule is c1ccc(-c2nc(-c3ccccc3)nc(-c3ccc(-c4cccc(-c5ccc(-c6cccc7ccccc67)cn5)c4)cc3)n2)cc1. The zero-order chi connectivity index (χ0) is 30.7. The van der Waals surface area contributed by atoms with Crippen LogP contribution in [0.2, 0.25) is 0 Å². The molecule has 8 rings (SSSR count). The summed E-state index contributed by atoms with van der Waals surface area (Å²) in [6, 6.07) is 56.2. The number of rotatable bonds is 6. The number of aromatic nitrogens is 4. The van der Waals surface area contributed by atoms with Crippen LogP contribution in [0.1, 0.15) is 0 Å². The van der Waals surface area contributed by atoms with E-state index in [0.717, 1.165) is 44.6 Å². The molecule has 0 bridgehead atoms. The van der Waals surface area contributed by atoms with Crippen LogP contribution in [0.4, 0.5) is 0 Å². The first-order chi connectivity index (χ1) is 22.8. The monoisotopic (exact) mass is 588 g/mol. The van der Waals surface area contributed by atoms with Crippen molar-refractivity contribution in [2.45, 2.75) is 0 Å². The highest BCUT2D eigenvalue weighted by Crippen LogP contribution is 2.32. The van der Waals surface area contributed by atoms with Crippen LogP contribution in [-0.2, 0) is 0 Å². The Kier molecular flexibility index (Phi) is 7.14. The molecule has 216 valence electrons. The van der Waals surface area contributed by atoms with Crippen molar-refractivity contribution in [3.05, 3.63) is 170 Å². The van der Waals surface area contributed by atoms with Crippen LogP contribution in [0, 0.1) is 0 Å². The van der Waals surface area contributed by atoms with E-state index in [1.54, 1.807) is 0 Å². The lowest BCUT2D eigenvalue weighted by Gasteiger charge is -2.10. The van der Waals surface area contributed by atoms with Gasteiger partial charge in [-0.1, -0.05) is 152 Å². The zero-order valence-electron chi connectivity index (χ0n) is 25.0. The summed E-state index contributed by atoms with van der Waals surface area (Å²) >= 11 is 0. The first-order valence-corrected chi connectivity index (χ1v) is 15.3. The molecule has 0 fully saturated rings. The van der Waals surface area contributed by atoms with Crippen molar-refractivity contribution >= 4 is 10.8 Å². The molecule has 4 nitrogen and oxygen atoms in total. The summed E-state index contributed by atoms with van der Waals surface area (Å²) in [7, 11) is 0. The fourth-order valence-corrected chi connectivity index (χ4v) is 5.81. The largest absolute Gasteiger partial charge is 0.256 e. The highest BCUT2D eigenvalue weighted by molar-refractivity contribution is 5.96. The molecule has 0 aliphatic carbocycles. The quantitative estimate of drug-likeness (QED) is 0.194. The van der Waals surface area contributed by atoms with E-state index in [0.29, 0.717) is 17.5 Å². The van der Waals surface area contributed by atoms with Gasteiger partial charge in [-0.05, 0) is 39.6 Å². The van der Waals surface area contributed by atoms with Crippen molar-refractivity contribution in [3.63, 3.8) is 0 Å². The number of nitrogens with zero attached hydrogens (tertiary/aromatic N) is 4. The highest BCUT2D eigenvalue weighted by Gasteiger charge is 2.13. The fourth-order valence-electron chi connectivity index (χ4n) is 5.81. The molecular weight excluding hydrogens is 560 g/mol. The molecule has 0 radical (unpaired) electrons. The molecule has 0 saturated heterocycles. The summed E-state index contributed by atoms with van der Waals surface area (Å²) in [4.78, 5) is 19.4. The Balaban J connectivity index is 1.09. The molecule has 0 spiro atoms. The van der Waals surface area contributed by atoms with Gasteiger partial charge in [0.25, 0.3) is 0 Å². The van der Waals surface area contributed by atoms with Crippen molar-refractivity contribution in [3.8, 4) is 67.7 Å². The van der Waals surface area contributed by atoms with E-state index in [-0.39, 0.29) is 0 Å². The van der Waals surface area contributed by atoms with Crippen LogP contribution in [-0.4, -0.2) is 19.9 Å². The average molecular weight is 589 g/mol. The van der Waals surface area contributed by atoms with Gasteiger partial charge in [0.15, 0.2) is 17.5 Å². The molecule has 0 saturated carbocycles. The number of fused-ring (bicyclic) bond motifs is 1. The second kappa shape index (κ2) is 12.0. The van der Waals surface area contributed by atoms with E-state index >= 15 is 0 Å². The van der Waals surface area contributed by atoms with E-state index in [9.17, 15) is 0 Å². The summed E-state index contributed by atoms with van der Waals surface area (Å²) in [5, 5.41) is 2.46. The molecule has 0 aliphatic rings. The Morgan fingerprint density at radius 3 is 1.48 bits per heavy atom. The van der Waals surface area contributed by atoms with Gasteiger partial charge in [-0.3, -0.25) is 4.98 Å². The van der Waals surface area contributed by atoms with Gasteiger partial charge in [0.1, 0.15) is 0 Å². The first-order valence-electron chi connectivity index (χ1n) is 15.3. The van der Waals surface area contributed by atoms with Crippen molar-refractivity contribution < 1.29 is 0 Å². The average Bonchev–Trinajstić information content (AvgIpc) is 3.15. The van der Waals surface area contributed by atoms with Gasteiger partial charge in [-0.2, -0.15) is 0 Å². The molecule has 4 heteroatoms. The Morgan fingerprint density at radius 2 is 0.826 bits per heavy atom. The predicted molar refractivity (Wildman–Crippen MR) is 188 cm³/mol. The molecule has 0 atom stereocenters. The van der Waals surface area contributed by atoms with E-state index in [2.05, 4.69) is 103 Å². The van der Waals surface area contributed by atoms with Crippen molar-refractivity contribution in [1.29, 1.82) is 0 Å². The molecule has 2 heterocycles. The Labute approximate surface area is 267 Å². The van der Waals surface area contributed by atoms with Crippen LogP contribution < -0.4 is 0 Å². The number of hydrogen-bond acceptors (Lipinski definition) is 4. The maximum atomic E-state index is 4.87. The van der Waals surface area contributed by atoms with E-state index in [1.807, 2.05) is 66.9 Å². The van der Waals surface area contributed by atoms with Crippen LogP contribution in [0.15, 0.2) is 170 Å². The molecule has 2 aromatic heterocycles. The van der Waals surface area contributed by atoms with Crippen LogP contribution in [0.3, 0.4) is 0 Å². The maximum absolute atomic E-state index is 4.87. The Morgan fingerprint density at radius 1 is 0.326 bits per heavy atom. The minimum Gasteiger partial charge on any atom is -0.256 e. The van der Waals surface area contributed by atoms with E-state index in [1.165, 1.54) is 16.3 Å². The van der Waals surface area contributed by atoms with E-state index < -0.39 is 0 Å². The van der Waals surface area contributed by atoms with Gasteiger partial charge in [0, 0.05) is 34.0 Å². The highest BCUT2D eigenvalue weighted by atomic mass is 15.0. The van der Waals surface area contributed by atoms with Crippen LogP contribution >= 0.6 is 0 Å². The van der Waals surface area contributed by atoms with Gasteiger partial charge in [0.2, 0.25) is 0 Å². The third-order valence-corrected chi connectivity index (χ3v) is 8.20. The minimum atomic E-state index is 0.642. The van der Waals surface area contributed by atoms with Crippen molar-refractivity contribution in [2.75, 3.05) is 0 Å². The molecule has 8 aromatic rings. The van der Waals surface area contributed by atoms with Crippen molar-refractivity contribution in [2.24, 2.45) is 0 Å². The second-order valence-corrected chi connectivity index (χ2v) is 11.2. The maximum Gasteiger partial charge on any atom is 0.164 e. The summed E-state index contributed by atoms with van der Waals surface area (Å²) < 4.78 is 0. The molecule has 6 aromatic carbocycles. The third-order valence-electron chi connectivity index (χ3n) is 8.20. The van der Waals surface area contributed by atoms with Crippen LogP contribution in [0.5, 0.6) is 0 Å². The molecule has 0 N–H and O–H groups in total. The third kappa shape index (κ3) is 5.44. The minimum absolute atomic E-state index is 0.642. The van der Waals surface area contributed by atoms with Crippen molar-refractivity contribution in [1.82, 2.24) is 19.9 Å². The van der Waals surface area contributed by atoms with Crippen LogP contribution in [0.25, 0.3) is 78.4 Å². The van der Waals surface area contributed by atoms with Gasteiger partial charge in [-0.15, -0.1) is 0 Å². The molecule has 46 heavy (non-hydrogen) atoms. The molecule has 0 aliphatic heterocycles. The second-order valence-electron chi connectivity index (χ2n) is 11.2. The first kappa shape index (κ1) is 27.3. The summed E-state index contributed by atoms with van der Waals surface area (Å²) in [6.07, 6.45) is 1.97. The standard InChI is InChI=1S/C42H28N4/c1-3-12-31(13-4-1)40-44-41(32-14-5-2-6-15-32)46-42(45-40)33-23-21-29(22-24-33)34-17-9-18-35(27-34)39-26-25-36(28-43-39)38-20-10-16-30-11-7-8-19-37(30)38/h1-28H. The predicted octanol–water partition coefficient (Wildman–Crippen LogP) is 10.4. The fraction of sp³-hybridized carbons (Fsp3) is 0. The molecule has 0 unspecified atom stereocenters. The normalized spacial score (nSPS) is 11.0. The van der Waals surface area contributed by atoms with Gasteiger partial charge in [0.05, 0.1) is 5.69 Å².